The molecule has 2 atom stereocenters. The lowest BCUT2D eigenvalue weighted by atomic mass is 9.93. The molecule has 0 aliphatic carbocycles. The van der Waals surface area contributed by atoms with E-state index in [0.717, 1.165) is 67.3 Å². The number of anilines is 1. The Balaban J connectivity index is 0.895. The van der Waals surface area contributed by atoms with Crippen LogP contribution < -0.4 is 29.6 Å². The van der Waals surface area contributed by atoms with Crippen LogP contribution in [0.5, 0.6) is 23.0 Å². The summed E-state index contributed by atoms with van der Waals surface area (Å²) in [4.78, 5) is 18.5. The molecule has 4 aromatic rings. The Hall–Kier alpha value is -5.34. The van der Waals surface area contributed by atoms with Crippen molar-refractivity contribution >= 4 is 17.3 Å². The molecular formula is C45H55N3O10. The highest BCUT2D eigenvalue weighted by Gasteiger charge is 2.28. The number of carbonyl (C=O) groups is 1. The van der Waals surface area contributed by atoms with Gasteiger partial charge in [-0.25, -0.2) is 0 Å². The summed E-state index contributed by atoms with van der Waals surface area (Å²) in [5.41, 5.74) is 7.73. The Morgan fingerprint density at radius 2 is 1.33 bits per heavy atom. The smallest absolute Gasteiger partial charge is 0.255 e. The van der Waals surface area contributed by atoms with Crippen LogP contribution in [-0.4, -0.2) is 59.5 Å². The van der Waals surface area contributed by atoms with E-state index in [2.05, 4.69) is 15.8 Å². The molecule has 0 bridgehead atoms. The van der Waals surface area contributed by atoms with Gasteiger partial charge < -0.3 is 54.8 Å². The lowest BCUT2D eigenvalue weighted by Gasteiger charge is -2.29. The molecule has 13 heteroatoms. The Kier molecular flexibility index (Phi) is 14.9. The Morgan fingerprint density at radius 1 is 0.690 bits per heavy atom. The molecule has 0 saturated heterocycles. The predicted octanol–water partition coefficient (Wildman–Crippen LogP) is 6.89. The van der Waals surface area contributed by atoms with Gasteiger partial charge in [-0.15, -0.1) is 0 Å². The van der Waals surface area contributed by atoms with Crippen LogP contribution in [0.3, 0.4) is 0 Å². The zero-order valence-corrected chi connectivity index (χ0v) is 33.5. The average molecular weight is 798 g/mol. The molecule has 0 spiro atoms. The highest BCUT2D eigenvalue weighted by atomic mass is 16.6. The van der Waals surface area contributed by atoms with Crippen molar-refractivity contribution in [3.8, 4) is 23.0 Å². The number of fused-ring (bicyclic) bond motifs is 1. The molecule has 0 fully saturated rings. The average Bonchev–Trinajstić information content (AvgIpc) is 3.75. The second-order valence-electron chi connectivity index (χ2n) is 14.6. The lowest BCUT2D eigenvalue weighted by Crippen LogP contribution is -2.38. The fraction of sp³-hybridized carbons (Fsp3) is 0.422. The Morgan fingerprint density at radius 3 is 1.95 bits per heavy atom. The molecule has 13 nitrogen and oxygen atoms in total. The van der Waals surface area contributed by atoms with Crippen LogP contribution >= 0.6 is 0 Å². The van der Waals surface area contributed by atoms with Crippen molar-refractivity contribution in [2.45, 2.75) is 97.0 Å². The van der Waals surface area contributed by atoms with E-state index < -0.39 is 12.3 Å². The van der Waals surface area contributed by atoms with Crippen molar-refractivity contribution in [3.05, 3.63) is 111 Å². The van der Waals surface area contributed by atoms with E-state index in [1.807, 2.05) is 55.5 Å². The van der Waals surface area contributed by atoms with E-state index in [-0.39, 0.29) is 32.3 Å². The van der Waals surface area contributed by atoms with Gasteiger partial charge in [0.1, 0.15) is 11.9 Å². The number of ether oxygens (including phenoxy) is 4. The summed E-state index contributed by atoms with van der Waals surface area (Å²) in [6.07, 6.45) is 6.81. The molecule has 4 aromatic carbocycles. The SMILES string of the molecule is COc1cc(C2CC(c3cc(CO)c(CO)c(CO)c3)=NO2)cc(OC)c1OCCCCCCCCCOc1ccc(C2NC(=O)c3cc(C)ccc3N2)cc1CO. The predicted molar refractivity (Wildman–Crippen MR) is 219 cm³/mol. The molecule has 2 aliphatic rings. The van der Waals surface area contributed by atoms with E-state index in [1.165, 1.54) is 0 Å². The maximum atomic E-state index is 12.7. The van der Waals surface area contributed by atoms with Gasteiger partial charge in [0.05, 0.1) is 65.1 Å². The fourth-order valence-electron chi connectivity index (χ4n) is 7.43. The van der Waals surface area contributed by atoms with Gasteiger partial charge in [-0.1, -0.05) is 55.0 Å². The van der Waals surface area contributed by atoms with E-state index in [9.17, 15) is 25.2 Å². The highest BCUT2D eigenvalue weighted by molar-refractivity contribution is 6.02. The minimum atomic E-state index is -0.407. The first kappa shape index (κ1) is 42.3. The number of nitrogens with zero attached hydrogens (tertiary/aromatic N) is 1. The van der Waals surface area contributed by atoms with Crippen LogP contribution in [0, 0.1) is 6.92 Å². The molecule has 2 heterocycles. The monoisotopic (exact) mass is 797 g/mol. The summed E-state index contributed by atoms with van der Waals surface area (Å²) < 4.78 is 23.6. The quantitative estimate of drug-likeness (QED) is 0.0484. The standard InChI is InChI=1S/C45H55N3O10/c1-28-11-13-37-35(17-28)45(53)47-44(46-37)29-12-14-39(34(18-29)26-51)56-15-9-7-5-4-6-8-10-16-57-43-41(54-2)21-31(22-42(43)55-3)40-23-38(48-58-40)30-19-32(24-49)36(27-52)33(20-30)25-50/h11-14,17-22,40,44,46,49-52H,4-10,15-16,23-27H2,1-3H3,(H,47,53). The maximum Gasteiger partial charge on any atom is 0.255 e. The zero-order chi connectivity index (χ0) is 41.0. The van der Waals surface area contributed by atoms with Crippen LogP contribution in [0.25, 0.3) is 0 Å². The summed E-state index contributed by atoms with van der Waals surface area (Å²) in [6.45, 7) is 2.05. The van der Waals surface area contributed by atoms with Gasteiger partial charge >= 0.3 is 0 Å². The Bertz CT molecular complexity index is 2020. The number of aryl methyl sites for hydroxylation is 1. The van der Waals surface area contributed by atoms with Gasteiger partial charge in [-0.2, -0.15) is 0 Å². The highest BCUT2D eigenvalue weighted by Crippen LogP contribution is 2.43. The van der Waals surface area contributed by atoms with Crippen LogP contribution in [0.15, 0.2) is 65.8 Å². The number of aliphatic hydroxyl groups excluding tert-OH is 4. The Labute approximate surface area is 339 Å². The van der Waals surface area contributed by atoms with Gasteiger partial charge in [0, 0.05) is 28.8 Å². The molecule has 58 heavy (non-hydrogen) atoms. The summed E-state index contributed by atoms with van der Waals surface area (Å²) in [5.74, 6) is 2.12. The first-order valence-corrected chi connectivity index (χ1v) is 19.9. The van der Waals surface area contributed by atoms with Gasteiger partial charge in [0.15, 0.2) is 17.6 Å². The number of carbonyl (C=O) groups excluding carboxylic acids is 1. The van der Waals surface area contributed by atoms with Gasteiger partial charge in [-0.05, 0) is 90.6 Å². The van der Waals surface area contributed by atoms with Crippen LogP contribution in [0.1, 0.15) is 119 Å². The van der Waals surface area contributed by atoms with Crippen molar-refractivity contribution in [1.82, 2.24) is 5.32 Å². The second-order valence-corrected chi connectivity index (χ2v) is 14.6. The van der Waals surface area contributed by atoms with E-state index in [1.54, 1.807) is 26.4 Å². The molecule has 0 saturated carbocycles. The second kappa shape index (κ2) is 20.4. The number of unbranched alkanes of at least 4 members (excludes halogenated alkanes) is 6. The summed E-state index contributed by atoms with van der Waals surface area (Å²) >= 11 is 0. The summed E-state index contributed by atoms with van der Waals surface area (Å²) in [6, 6.07) is 18.7. The van der Waals surface area contributed by atoms with E-state index >= 15 is 0 Å². The lowest BCUT2D eigenvalue weighted by molar-refractivity contribution is 0.0852. The van der Waals surface area contributed by atoms with Gasteiger partial charge in [-0.3, -0.25) is 4.79 Å². The number of hydrogen-bond acceptors (Lipinski definition) is 12. The first-order chi connectivity index (χ1) is 28.3. The third kappa shape index (κ3) is 10.0. The first-order valence-electron chi connectivity index (χ1n) is 19.9. The minimum absolute atomic E-state index is 0.129. The number of nitrogens with one attached hydrogen (secondary N) is 2. The largest absolute Gasteiger partial charge is 0.493 e. The molecule has 2 unspecified atom stereocenters. The van der Waals surface area contributed by atoms with E-state index in [4.69, 9.17) is 23.8 Å². The van der Waals surface area contributed by atoms with Crippen LogP contribution in [0.4, 0.5) is 5.69 Å². The fourth-order valence-corrected chi connectivity index (χ4v) is 7.43. The number of aliphatic hydroxyl groups is 4. The topological polar surface area (TPSA) is 181 Å². The number of methoxy groups -OCH3 is 2. The molecule has 6 rings (SSSR count). The van der Waals surface area contributed by atoms with Crippen molar-refractivity contribution < 1.29 is 49.0 Å². The van der Waals surface area contributed by atoms with Crippen molar-refractivity contribution in [2.24, 2.45) is 5.16 Å². The number of oxime groups is 1. The number of benzene rings is 4. The number of hydrogen-bond donors (Lipinski definition) is 6. The van der Waals surface area contributed by atoms with Crippen LogP contribution in [0.2, 0.25) is 0 Å². The number of amides is 1. The molecule has 1 amide bonds. The van der Waals surface area contributed by atoms with Crippen molar-refractivity contribution in [2.75, 3.05) is 32.8 Å². The number of rotatable bonds is 21. The normalized spacial score (nSPS) is 15.8. The van der Waals surface area contributed by atoms with E-state index in [0.29, 0.717) is 81.7 Å². The summed E-state index contributed by atoms with van der Waals surface area (Å²) in [5, 5.41) is 50.1. The molecule has 6 N–H and O–H groups in total. The van der Waals surface area contributed by atoms with Crippen LogP contribution in [-0.2, 0) is 31.3 Å². The molecule has 0 aromatic heterocycles. The van der Waals surface area contributed by atoms with Crippen molar-refractivity contribution in [3.63, 3.8) is 0 Å². The summed E-state index contributed by atoms with van der Waals surface area (Å²) in [7, 11) is 3.17. The zero-order valence-electron chi connectivity index (χ0n) is 33.5. The third-order valence-electron chi connectivity index (χ3n) is 10.7. The van der Waals surface area contributed by atoms with Gasteiger partial charge in [0.25, 0.3) is 5.91 Å². The molecular weight excluding hydrogens is 743 g/mol. The maximum absolute atomic E-state index is 12.7. The molecule has 2 aliphatic heterocycles. The van der Waals surface area contributed by atoms with Crippen molar-refractivity contribution in [1.29, 1.82) is 0 Å². The van der Waals surface area contributed by atoms with Gasteiger partial charge in [0.2, 0.25) is 5.75 Å². The molecule has 0 radical (unpaired) electrons. The minimum Gasteiger partial charge on any atom is -0.493 e. The molecule has 310 valence electrons. The third-order valence-corrected chi connectivity index (χ3v) is 10.7.